The largest absolute Gasteiger partial charge is 0.465 e. The Labute approximate surface area is 130 Å². The fourth-order valence-electron chi connectivity index (χ4n) is 1.76. The van der Waals surface area contributed by atoms with Gasteiger partial charge in [0.1, 0.15) is 6.61 Å². The van der Waals surface area contributed by atoms with Crippen LogP contribution in [0.1, 0.15) is 26.3 Å². The molecule has 0 radical (unpaired) electrons. The van der Waals surface area contributed by atoms with E-state index in [0.29, 0.717) is 15.6 Å². The van der Waals surface area contributed by atoms with Crippen LogP contribution in [0.4, 0.5) is 0 Å². The van der Waals surface area contributed by atoms with Gasteiger partial charge in [-0.15, -0.1) is 0 Å². The number of hydrogen-bond acceptors (Lipinski definition) is 4. The van der Waals surface area contributed by atoms with Gasteiger partial charge in [0.05, 0.1) is 18.2 Å². The van der Waals surface area contributed by atoms with Crippen molar-refractivity contribution in [3.8, 4) is 0 Å². The number of carbonyl (C=O) groups is 2. The summed E-state index contributed by atoms with van der Waals surface area (Å²) in [6.45, 7) is 0.0883. The topological polar surface area (TPSA) is 52.6 Å². The van der Waals surface area contributed by atoms with Gasteiger partial charge in [0, 0.05) is 4.47 Å². The van der Waals surface area contributed by atoms with Gasteiger partial charge in [-0.25, -0.2) is 9.59 Å². The molecule has 5 heteroatoms. The zero-order valence-corrected chi connectivity index (χ0v) is 12.9. The van der Waals surface area contributed by atoms with Crippen molar-refractivity contribution in [2.45, 2.75) is 6.61 Å². The normalized spacial score (nSPS) is 10.0. The van der Waals surface area contributed by atoms with Crippen molar-refractivity contribution in [3.63, 3.8) is 0 Å². The number of ether oxygens (including phenoxy) is 2. The molecule has 0 atom stereocenters. The minimum atomic E-state index is -0.425. The fraction of sp³-hybridized carbons (Fsp3) is 0.125. The molecular weight excluding hydrogens is 336 g/mol. The Morgan fingerprint density at radius 2 is 1.81 bits per heavy atom. The Morgan fingerprint density at radius 3 is 2.52 bits per heavy atom. The van der Waals surface area contributed by atoms with Gasteiger partial charge in [0.15, 0.2) is 0 Å². The fourth-order valence-corrected chi connectivity index (χ4v) is 2.21. The van der Waals surface area contributed by atoms with Crippen molar-refractivity contribution in [3.05, 3.63) is 69.7 Å². The second kappa shape index (κ2) is 7.04. The van der Waals surface area contributed by atoms with Crippen molar-refractivity contribution in [1.29, 1.82) is 0 Å². The molecule has 4 nitrogen and oxygen atoms in total. The van der Waals surface area contributed by atoms with Gasteiger partial charge < -0.3 is 9.47 Å². The minimum absolute atomic E-state index is 0.0883. The van der Waals surface area contributed by atoms with Crippen molar-refractivity contribution < 1.29 is 19.1 Å². The van der Waals surface area contributed by atoms with Crippen LogP contribution in [-0.2, 0) is 16.1 Å². The highest BCUT2D eigenvalue weighted by atomic mass is 79.9. The molecule has 2 aromatic rings. The standard InChI is InChI=1S/C16H13BrO4/c1-20-15(18)12-6-4-5-11(9-12)10-21-16(19)13-7-2-3-8-14(13)17/h2-9H,10H2,1H3. The van der Waals surface area contributed by atoms with Gasteiger partial charge in [-0.1, -0.05) is 24.3 Å². The van der Waals surface area contributed by atoms with E-state index in [1.165, 1.54) is 7.11 Å². The number of benzene rings is 2. The van der Waals surface area contributed by atoms with Gasteiger partial charge in [-0.3, -0.25) is 0 Å². The molecule has 0 unspecified atom stereocenters. The molecule has 108 valence electrons. The summed E-state index contributed by atoms with van der Waals surface area (Å²) in [6, 6.07) is 13.8. The Morgan fingerprint density at radius 1 is 1.05 bits per heavy atom. The summed E-state index contributed by atoms with van der Waals surface area (Å²) in [5.74, 6) is -0.847. The highest BCUT2D eigenvalue weighted by Gasteiger charge is 2.11. The first-order valence-corrected chi connectivity index (χ1v) is 7.00. The van der Waals surface area contributed by atoms with Crippen LogP contribution in [-0.4, -0.2) is 19.0 Å². The summed E-state index contributed by atoms with van der Waals surface area (Å²) in [4.78, 5) is 23.4. The summed E-state index contributed by atoms with van der Waals surface area (Å²) in [5.41, 5.74) is 1.60. The number of rotatable bonds is 4. The van der Waals surface area contributed by atoms with Crippen molar-refractivity contribution in [1.82, 2.24) is 0 Å². The third-order valence-electron chi connectivity index (χ3n) is 2.81. The van der Waals surface area contributed by atoms with Gasteiger partial charge >= 0.3 is 11.9 Å². The van der Waals surface area contributed by atoms with Crippen molar-refractivity contribution >= 4 is 27.9 Å². The maximum atomic E-state index is 12.0. The average molecular weight is 349 g/mol. The average Bonchev–Trinajstić information content (AvgIpc) is 2.52. The predicted molar refractivity (Wildman–Crippen MR) is 81.0 cm³/mol. The van der Waals surface area contributed by atoms with Gasteiger partial charge in [0.2, 0.25) is 0 Å². The molecule has 0 N–H and O–H groups in total. The van der Waals surface area contributed by atoms with E-state index in [9.17, 15) is 9.59 Å². The molecule has 0 aliphatic carbocycles. The molecule has 0 bridgehead atoms. The van der Waals surface area contributed by atoms with E-state index in [1.807, 2.05) is 6.07 Å². The summed E-state index contributed by atoms with van der Waals surface area (Å²) in [7, 11) is 1.32. The second-order valence-electron chi connectivity index (χ2n) is 4.25. The molecule has 0 heterocycles. The first kappa shape index (κ1) is 15.3. The lowest BCUT2D eigenvalue weighted by Crippen LogP contribution is -2.07. The van der Waals surface area contributed by atoms with E-state index in [2.05, 4.69) is 20.7 Å². The smallest absolute Gasteiger partial charge is 0.339 e. The van der Waals surface area contributed by atoms with E-state index in [-0.39, 0.29) is 6.61 Å². The van der Waals surface area contributed by atoms with Crippen LogP contribution in [0.25, 0.3) is 0 Å². The van der Waals surface area contributed by atoms with Crippen LogP contribution >= 0.6 is 15.9 Å². The maximum Gasteiger partial charge on any atom is 0.339 e. The highest BCUT2D eigenvalue weighted by molar-refractivity contribution is 9.10. The third-order valence-corrected chi connectivity index (χ3v) is 3.50. The van der Waals surface area contributed by atoms with Crippen LogP contribution in [0, 0.1) is 0 Å². The molecular formula is C16H13BrO4. The maximum absolute atomic E-state index is 12.0. The number of carbonyl (C=O) groups excluding carboxylic acids is 2. The summed E-state index contributed by atoms with van der Waals surface area (Å²) >= 11 is 3.30. The summed E-state index contributed by atoms with van der Waals surface area (Å²) in [5, 5.41) is 0. The van der Waals surface area contributed by atoms with Gasteiger partial charge in [-0.2, -0.15) is 0 Å². The number of esters is 2. The van der Waals surface area contributed by atoms with E-state index >= 15 is 0 Å². The van der Waals surface area contributed by atoms with Crippen molar-refractivity contribution in [2.24, 2.45) is 0 Å². The number of hydrogen-bond donors (Lipinski definition) is 0. The molecule has 0 fully saturated rings. The van der Waals surface area contributed by atoms with E-state index < -0.39 is 11.9 Å². The predicted octanol–water partition coefficient (Wildman–Crippen LogP) is 3.59. The van der Waals surface area contributed by atoms with Crippen LogP contribution in [0.5, 0.6) is 0 Å². The molecule has 0 aliphatic heterocycles. The Kier molecular flexibility index (Phi) is 5.11. The lowest BCUT2D eigenvalue weighted by Gasteiger charge is -2.07. The zero-order chi connectivity index (χ0) is 15.2. The van der Waals surface area contributed by atoms with Gasteiger partial charge in [-0.05, 0) is 45.8 Å². The molecule has 21 heavy (non-hydrogen) atoms. The van der Waals surface area contributed by atoms with Crippen LogP contribution in [0.15, 0.2) is 53.0 Å². The van der Waals surface area contributed by atoms with E-state index in [1.54, 1.807) is 42.5 Å². The number of halogens is 1. The van der Waals surface area contributed by atoms with E-state index in [4.69, 9.17) is 4.74 Å². The molecule has 0 amide bonds. The number of methoxy groups -OCH3 is 1. The Hall–Kier alpha value is -2.14. The van der Waals surface area contributed by atoms with Crippen LogP contribution < -0.4 is 0 Å². The first-order valence-electron chi connectivity index (χ1n) is 6.20. The highest BCUT2D eigenvalue weighted by Crippen LogP contribution is 2.17. The molecule has 2 aromatic carbocycles. The monoisotopic (exact) mass is 348 g/mol. The zero-order valence-electron chi connectivity index (χ0n) is 11.3. The second-order valence-corrected chi connectivity index (χ2v) is 5.10. The lowest BCUT2D eigenvalue weighted by atomic mass is 10.1. The summed E-state index contributed by atoms with van der Waals surface area (Å²) in [6.07, 6.45) is 0. The molecule has 2 rings (SSSR count). The van der Waals surface area contributed by atoms with Gasteiger partial charge in [0.25, 0.3) is 0 Å². The molecule has 0 aliphatic rings. The third kappa shape index (κ3) is 3.92. The molecule has 0 saturated carbocycles. The molecule has 0 aromatic heterocycles. The molecule has 0 spiro atoms. The summed E-state index contributed by atoms with van der Waals surface area (Å²) < 4.78 is 10.6. The Balaban J connectivity index is 2.05. The Bertz CT molecular complexity index is 667. The van der Waals surface area contributed by atoms with Crippen LogP contribution in [0.2, 0.25) is 0 Å². The SMILES string of the molecule is COC(=O)c1cccc(COC(=O)c2ccccc2Br)c1. The molecule has 0 saturated heterocycles. The first-order chi connectivity index (χ1) is 10.1. The minimum Gasteiger partial charge on any atom is -0.465 e. The van der Waals surface area contributed by atoms with E-state index in [0.717, 1.165) is 5.56 Å². The lowest BCUT2D eigenvalue weighted by molar-refractivity contribution is 0.0471. The van der Waals surface area contributed by atoms with Crippen LogP contribution in [0.3, 0.4) is 0 Å². The van der Waals surface area contributed by atoms with Crippen molar-refractivity contribution in [2.75, 3.05) is 7.11 Å². The quantitative estimate of drug-likeness (QED) is 0.792.